The van der Waals surface area contributed by atoms with Gasteiger partial charge in [0.25, 0.3) is 0 Å². The molecule has 1 saturated heterocycles. The number of hydrogen-bond acceptors (Lipinski definition) is 2. The van der Waals surface area contributed by atoms with Crippen molar-refractivity contribution in [3.63, 3.8) is 0 Å². The molecule has 18 heavy (non-hydrogen) atoms. The van der Waals surface area contributed by atoms with Crippen LogP contribution in [0.2, 0.25) is 0 Å². The lowest BCUT2D eigenvalue weighted by Crippen LogP contribution is -2.37. The predicted octanol–water partition coefficient (Wildman–Crippen LogP) is 2.69. The summed E-state index contributed by atoms with van der Waals surface area (Å²) >= 11 is 0. The molecule has 4 heteroatoms. The van der Waals surface area contributed by atoms with Crippen molar-refractivity contribution in [2.24, 2.45) is 11.7 Å². The quantitative estimate of drug-likeness (QED) is 0.898. The third-order valence-corrected chi connectivity index (χ3v) is 3.79. The number of hydrogen-bond donors (Lipinski definition) is 1. The first-order valence-corrected chi connectivity index (χ1v) is 6.44. The first-order chi connectivity index (χ1) is 8.54. The number of nitrogens with two attached hydrogens (primary N) is 1. The Morgan fingerprint density at radius 2 is 1.94 bits per heavy atom. The summed E-state index contributed by atoms with van der Waals surface area (Å²) in [6.45, 7) is 5.32. The number of benzene rings is 1. The van der Waals surface area contributed by atoms with Gasteiger partial charge in [0.1, 0.15) is 11.6 Å². The molecule has 2 N–H and O–H groups in total. The second-order valence-corrected chi connectivity index (χ2v) is 5.27. The van der Waals surface area contributed by atoms with Crippen molar-refractivity contribution in [1.29, 1.82) is 0 Å². The number of nitrogens with zero attached hydrogens (tertiary/aromatic N) is 1. The topological polar surface area (TPSA) is 29.3 Å². The summed E-state index contributed by atoms with van der Waals surface area (Å²) in [6, 6.07) is 3.92. The average Bonchev–Trinajstić information content (AvgIpc) is 2.63. The van der Waals surface area contributed by atoms with Crippen molar-refractivity contribution < 1.29 is 8.78 Å². The van der Waals surface area contributed by atoms with E-state index in [9.17, 15) is 8.78 Å². The normalized spacial score (nSPS) is 26.5. The summed E-state index contributed by atoms with van der Waals surface area (Å²) in [4.78, 5) is 2.12. The maximum atomic E-state index is 13.8. The van der Waals surface area contributed by atoms with E-state index in [0.29, 0.717) is 12.0 Å². The highest BCUT2D eigenvalue weighted by Gasteiger charge is 2.34. The lowest BCUT2D eigenvalue weighted by Gasteiger charge is -2.31. The van der Waals surface area contributed by atoms with E-state index in [-0.39, 0.29) is 18.2 Å². The Labute approximate surface area is 107 Å². The fourth-order valence-electron chi connectivity index (χ4n) is 3.01. The molecule has 1 aliphatic rings. The molecular weight excluding hydrogens is 234 g/mol. The molecule has 1 aromatic rings. The molecule has 0 spiro atoms. The molecule has 0 amide bonds. The maximum Gasteiger partial charge on any atom is 0.130 e. The lowest BCUT2D eigenvalue weighted by atomic mass is 10.0. The Balaban J connectivity index is 2.34. The van der Waals surface area contributed by atoms with Crippen molar-refractivity contribution in [3.8, 4) is 0 Å². The minimum Gasteiger partial charge on any atom is -0.329 e. The van der Waals surface area contributed by atoms with Crippen molar-refractivity contribution in [1.82, 2.24) is 4.90 Å². The summed E-state index contributed by atoms with van der Waals surface area (Å²) in [6.07, 6.45) is 1.05. The van der Waals surface area contributed by atoms with E-state index in [1.807, 2.05) is 0 Å². The summed E-state index contributed by atoms with van der Waals surface area (Å²) in [7, 11) is 0. The minimum atomic E-state index is -0.503. The largest absolute Gasteiger partial charge is 0.329 e. The Morgan fingerprint density at radius 1 is 1.33 bits per heavy atom. The summed E-state index contributed by atoms with van der Waals surface area (Å²) in [5.41, 5.74) is 5.87. The zero-order chi connectivity index (χ0) is 13.3. The predicted molar refractivity (Wildman–Crippen MR) is 68.1 cm³/mol. The van der Waals surface area contributed by atoms with Gasteiger partial charge in [0.05, 0.1) is 6.04 Å². The first kappa shape index (κ1) is 13.4. The second-order valence-electron chi connectivity index (χ2n) is 5.27. The molecule has 0 radical (unpaired) electrons. The van der Waals surface area contributed by atoms with E-state index in [0.717, 1.165) is 13.0 Å². The van der Waals surface area contributed by atoms with Gasteiger partial charge >= 0.3 is 0 Å². The Hall–Kier alpha value is -1.00. The van der Waals surface area contributed by atoms with Crippen molar-refractivity contribution in [2.45, 2.75) is 32.4 Å². The molecule has 1 fully saturated rings. The molecule has 0 saturated carbocycles. The fourth-order valence-corrected chi connectivity index (χ4v) is 3.01. The minimum absolute atomic E-state index is 0.112. The van der Waals surface area contributed by atoms with Crippen molar-refractivity contribution in [3.05, 3.63) is 35.4 Å². The molecule has 100 valence electrons. The van der Waals surface area contributed by atoms with E-state index < -0.39 is 11.6 Å². The molecule has 1 aliphatic heterocycles. The lowest BCUT2D eigenvalue weighted by molar-refractivity contribution is 0.184. The van der Waals surface area contributed by atoms with E-state index in [1.54, 1.807) is 0 Å². The van der Waals surface area contributed by atoms with Crippen LogP contribution < -0.4 is 5.73 Å². The van der Waals surface area contributed by atoms with Gasteiger partial charge in [-0.2, -0.15) is 0 Å². The Bertz CT molecular complexity index is 402. The smallest absolute Gasteiger partial charge is 0.130 e. The van der Waals surface area contributed by atoms with Crippen LogP contribution in [0.4, 0.5) is 8.78 Å². The van der Waals surface area contributed by atoms with Crippen LogP contribution in [0, 0.1) is 17.6 Å². The summed E-state index contributed by atoms with van der Waals surface area (Å²) in [5, 5.41) is 0. The number of halogens is 2. The van der Waals surface area contributed by atoms with Gasteiger partial charge in [0.15, 0.2) is 0 Å². The highest BCUT2D eigenvalue weighted by atomic mass is 19.1. The van der Waals surface area contributed by atoms with Crippen LogP contribution in [0.3, 0.4) is 0 Å². The third-order valence-electron chi connectivity index (χ3n) is 3.79. The second kappa shape index (κ2) is 5.33. The average molecular weight is 254 g/mol. The monoisotopic (exact) mass is 254 g/mol. The number of likely N-dealkylation sites (tertiary alicyclic amines) is 1. The van der Waals surface area contributed by atoms with Gasteiger partial charge in [-0.25, -0.2) is 8.78 Å². The zero-order valence-electron chi connectivity index (χ0n) is 10.9. The van der Waals surface area contributed by atoms with Crippen molar-refractivity contribution >= 4 is 0 Å². The molecule has 2 rings (SSSR count). The van der Waals surface area contributed by atoms with E-state index >= 15 is 0 Å². The van der Waals surface area contributed by atoms with Crippen LogP contribution in [-0.2, 0) is 0 Å². The standard InChI is InChI=1S/C14H20F2N2/c1-9-6-10(2)18(8-9)13(7-17)14-11(15)4-3-5-12(14)16/h3-5,9-10,13H,6-8,17H2,1-2H3. The zero-order valence-corrected chi connectivity index (χ0v) is 10.9. The molecule has 0 aromatic heterocycles. The Morgan fingerprint density at radius 3 is 2.39 bits per heavy atom. The van der Waals surface area contributed by atoms with Gasteiger partial charge in [-0.3, -0.25) is 4.90 Å². The van der Waals surface area contributed by atoms with Gasteiger partial charge in [0.2, 0.25) is 0 Å². The van der Waals surface area contributed by atoms with Crippen LogP contribution in [0.5, 0.6) is 0 Å². The highest BCUT2D eigenvalue weighted by molar-refractivity contribution is 5.24. The molecule has 3 unspecified atom stereocenters. The summed E-state index contributed by atoms with van der Waals surface area (Å²) < 4.78 is 27.7. The molecule has 0 aliphatic carbocycles. The van der Waals surface area contributed by atoms with E-state index in [2.05, 4.69) is 18.7 Å². The van der Waals surface area contributed by atoms with Gasteiger partial charge in [-0.1, -0.05) is 13.0 Å². The Kier molecular flexibility index (Phi) is 3.97. The van der Waals surface area contributed by atoms with Crippen molar-refractivity contribution in [2.75, 3.05) is 13.1 Å². The van der Waals surface area contributed by atoms with Crippen LogP contribution in [-0.4, -0.2) is 24.0 Å². The first-order valence-electron chi connectivity index (χ1n) is 6.44. The number of rotatable bonds is 3. The highest BCUT2D eigenvalue weighted by Crippen LogP contribution is 2.33. The van der Waals surface area contributed by atoms with E-state index in [1.165, 1.54) is 18.2 Å². The molecular formula is C14H20F2N2. The molecule has 1 heterocycles. The van der Waals surface area contributed by atoms with Crippen LogP contribution in [0.15, 0.2) is 18.2 Å². The molecule has 3 atom stereocenters. The molecule has 1 aromatic carbocycles. The third kappa shape index (κ3) is 2.40. The van der Waals surface area contributed by atoms with Gasteiger partial charge in [-0.05, 0) is 31.4 Å². The SMILES string of the molecule is CC1CC(C)N(C(CN)c2c(F)cccc2F)C1. The van der Waals surface area contributed by atoms with Gasteiger partial charge < -0.3 is 5.73 Å². The van der Waals surface area contributed by atoms with Gasteiger partial charge in [0, 0.05) is 24.7 Å². The fraction of sp³-hybridized carbons (Fsp3) is 0.571. The van der Waals surface area contributed by atoms with Crippen LogP contribution in [0.25, 0.3) is 0 Å². The molecule has 2 nitrogen and oxygen atoms in total. The van der Waals surface area contributed by atoms with E-state index in [4.69, 9.17) is 5.73 Å². The maximum absolute atomic E-state index is 13.8. The van der Waals surface area contributed by atoms with Gasteiger partial charge in [-0.15, -0.1) is 0 Å². The van der Waals surface area contributed by atoms with Crippen LogP contribution >= 0.6 is 0 Å². The summed E-state index contributed by atoms with van der Waals surface area (Å²) in [5.74, 6) is -0.460. The molecule has 0 bridgehead atoms. The van der Waals surface area contributed by atoms with Crippen LogP contribution in [0.1, 0.15) is 31.9 Å².